The van der Waals surface area contributed by atoms with Gasteiger partial charge in [-0.05, 0) is 19.4 Å². The van der Waals surface area contributed by atoms with Crippen LogP contribution in [0.3, 0.4) is 0 Å². The van der Waals surface area contributed by atoms with Crippen LogP contribution in [-0.4, -0.2) is 24.7 Å². The molecule has 0 aliphatic rings. The lowest BCUT2D eigenvalue weighted by Crippen LogP contribution is -2.16. The summed E-state index contributed by atoms with van der Waals surface area (Å²) in [5, 5.41) is 4.34. The molecular formula is C10H17ClN2OS. The second-order valence-corrected chi connectivity index (χ2v) is 4.95. The van der Waals surface area contributed by atoms with E-state index in [1.807, 2.05) is 0 Å². The molecule has 15 heavy (non-hydrogen) atoms. The minimum Gasteiger partial charge on any atom is -0.381 e. The van der Waals surface area contributed by atoms with E-state index < -0.39 is 0 Å². The Labute approximate surface area is 99.8 Å². The molecule has 0 radical (unpaired) electrons. The summed E-state index contributed by atoms with van der Waals surface area (Å²) in [6.07, 6.45) is 3.82. The molecule has 3 nitrogen and oxygen atoms in total. The van der Waals surface area contributed by atoms with Gasteiger partial charge >= 0.3 is 0 Å². The molecule has 0 saturated carbocycles. The summed E-state index contributed by atoms with van der Waals surface area (Å²) in [5.74, 6) is 0. The van der Waals surface area contributed by atoms with Crippen molar-refractivity contribution in [3.8, 4) is 0 Å². The average molecular weight is 249 g/mol. The maximum Gasteiger partial charge on any atom is 0.113 e. The molecule has 5 heteroatoms. The lowest BCUT2D eigenvalue weighted by Gasteiger charge is -2.03. The topological polar surface area (TPSA) is 34.1 Å². The van der Waals surface area contributed by atoms with Crippen molar-refractivity contribution in [3.05, 3.63) is 15.5 Å². The standard InChI is InChI=1S/C10H17ClN2OS/c1-2-5-14-6-3-4-12-8-10-13-7-9(11)15-10/h7,12H,2-6,8H2,1H3. The molecule has 0 spiro atoms. The van der Waals surface area contributed by atoms with Crippen molar-refractivity contribution >= 4 is 22.9 Å². The van der Waals surface area contributed by atoms with Crippen LogP contribution in [-0.2, 0) is 11.3 Å². The van der Waals surface area contributed by atoms with Crippen molar-refractivity contribution in [1.82, 2.24) is 10.3 Å². The fraction of sp³-hybridized carbons (Fsp3) is 0.700. The van der Waals surface area contributed by atoms with Gasteiger partial charge in [0.15, 0.2) is 0 Å². The molecule has 0 atom stereocenters. The Morgan fingerprint density at radius 1 is 1.53 bits per heavy atom. The Morgan fingerprint density at radius 2 is 2.40 bits per heavy atom. The number of halogens is 1. The van der Waals surface area contributed by atoms with E-state index in [-0.39, 0.29) is 0 Å². The molecule has 1 aromatic rings. The Kier molecular flexibility index (Phi) is 6.92. The van der Waals surface area contributed by atoms with Crippen LogP contribution in [0, 0.1) is 0 Å². The van der Waals surface area contributed by atoms with E-state index in [2.05, 4.69) is 17.2 Å². The highest BCUT2D eigenvalue weighted by molar-refractivity contribution is 7.15. The SMILES string of the molecule is CCCOCCCNCc1ncc(Cl)s1. The zero-order valence-electron chi connectivity index (χ0n) is 8.96. The number of nitrogens with one attached hydrogen (secondary N) is 1. The van der Waals surface area contributed by atoms with Crippen LogP contribution in [0.25, 0.3) is 0 Å². The minimum absolute atomic E-state index is 0.748. The molecule has 0 bridgehead atoms. The van der Waals surface area contributed by atoms with Gasteiger partial charge < -0.3 is 10.1 Å². The van der Waals surface area contributed by atoms with Gasteiger partial charge in [-0.2, -0.15) is 0 Å². The zero-order chi connectivity index (χ0) is 10.9. The number of rotatable bonds is 8. The summed E-state index contributed by atoms with van der Waals surface area (Å²) in [4.78, 5) is 4.16. The molecule has 0 saturated heterocycles. The lowest BCUT2D eigenvalue weighted by molar-refractivity contribution is 0.132. The predicted octanol–water partition coefficient (Wildman–Crippen LogP) is 2.70. The highest BCUT2D eigenvalue weighted by Crippen LogP contribution is 2.17. The van der Waals surface area contributed by atoms with E-state index in [1.54, 1.807) is 6.20 Å². The summed E-state index contributed by atoms with van der Waals surface area (Å²) < 4.78 is 6.11. The molecule has 86 valence electrons. The van der Waals surface area contributed by atoms with Crippen molar-refractivity contribution in [2.75, 3.05) is 19.8 Å². The van der Waals surface area contributed by atoms with E-state index in [0.717, 1.165) is 48.5 Å². The van der Waals surface area contributed by atoms with Crippen LogP contribution in [0.1, 0.15) is 24.8 Å². The predicted molar refractivity (Wildman–Crippen MR) is 64.6 cm³/mol. The molecular weight excluding hydrogens is 232 g/mol. The highest BCUT2D eigenvalue weighted by atomic mass is 35.5. The Morgan fingerprint density at radius 3 is 3.07 bits per heavy atom. The molecule has 1 rings (SSSR count). The van der Waals surface area contributed by atoms with Gasteiger partial charge in [0.05, 0.1) is 6.20 Å². The van der Waals surface area contributed by atoms with Gasteiger partial charge in [0.25, 0.3) is 0 Å². The van der Waals surface area contributed by atoms with E-state index in [9.17, 15) is 0 Å². The van der Waals surface area contributed by atoms with Gasteiger partial charge in [-0.1, -0.05) is 18.5 Å². The van der Waals surface area contributed by atoms with E-state index >= 15 is 0 Å². The first-order valence-electron chi connectivity index (χ1n) is 5.21. The first-order valence-corrected chi connectivity index (χ1v) is 6.41. The smallest absolute Gasteiger partial charge is 0.113 e. The monoisotopic (exact) mass is 248 g/mol. The quantitative estimate of drug-likeness (QED) is 0.719. The van der Waals surface area contributed by atoms with Crippen LogP contribution in [0.2, 0.25) is 4.34 Å². The van der Waals surface area contributed by atoms with Gasteiger partial charge in [0.2, 0.25) is 0 Å². The summed E-state index contributed by atoms with van der Waals surface area (Å²) in [6, 6.07) is 0. The fourth-order valence-corrected chi connectivity index (χ4v) is 2.04. The third-order valence-corrected chi connectivity index (χ3v) is 2.91. The first kappa shape index (κ1) is 12.9. The second kappa shape index (κ2) is 8.05. The summed E-state index contributed by atoms with van der Waals surface area (Å²) in [6.45, 7) is 5.57. The Balaban J connectivity index is 1.93. The number of aromatic nitrogens is 1. The normalized spacial score (nSPS) is 10.8. The van der Waals surface area contributed by atoms with Crippen LogP contribution in [0.5, 0.6) is 0 Å². The van der Waals surface area contributed by atoms with Gasteiger partial charge in [0.1, 0.15) is 9.34 Å². The third-order valence-electron chi connectivity index (χ3n) is 1.79. The number of ether oxygens (including phenoxy) is 1. The number of hydrogen-bond donors (Lipinski definition) is 1. The molecule has 0 aliphatic carbocycles. The van der Waals surface area contributed by atoms with Crippen LogP contribution in [0.4, 0.5) is 0 Å². The fourth-order valence-electron chi connectivity index (χ4n) is 1.11. The lowest BCUT2D eigenvalue weighted by atomic mass is 10.4. The summed E-state index contributed by atoms with van der Waals surface area (Å²) in [5.41, 5.74) is 0. The second-order valence-electron chi connectivity index (χ2n) is 3.20. The maximum atomic E-state index is 5.77. The van der Waals surface area contributed by atoms with Crippen LogP contribution < -0.4 is 5.32 Å². The third kappa shape index (κ3) is 6.10. The van der Waals surface area contributed by atoms with Gasteiger partial charge in [-0.15, -0.1) is 11.3 Å². The molecule has 0 amide bonds. The Bertz CT molecular complexity index is 268. The van der Waals surface area contributed by atoms with Crippen LogP contribution >= 0.6 is 22.9 Å². The van der Waals surface area contributed by atoms with Crippen molar-refractivity contribution in [3.63, 3.8) is 0 Å². The zero-order valence-corrected chi connectivity index (χ0v) is 10.5. The molecule has 1 aromatic heterocycles. The number of thiazole rings is 1. The van der Waals surface area contributed by atoms with Crippen molar-refractivity contribution < 1.29 is 4.74 Å². The first-order chi connectivity index (χ1) is 7.33. The van der Waals surface area contributed by atoms with Crippen LogP contribution in [0.15, 0.2) is 6.20 Å². The summed E-state index contributed by atoms with van der Waals surface area (Å²) >= 11 is 7.29. The number of nitrogens with zero attached hydrogens (tertiary/aromatic N) is 1. The largest absolute Gasteiger partial charge is 0.381 e. The molecule has 0 unspecified atom stereocenters. The van der Waals surface area contributed by atoms with E-state index in [1.165, 1.54) is 11.3 Å². The molecule has 1 N–H and O–H groups in total. The molecule has 0 fully saturated rings. The van der Waals surface area contributed by atoms with Gasteiger partial charge in [-0.25, -0.2) is 4.98 Å². The van der Waals surface area contributed by atoms with E-state index in [0.29, 0.717) is 0 Å². The van der Waals surface area contributed by atoms with Gasteiger partial charge in [-0.3, -0.25) is 0 Å². The van der Waals surface area contributed by atoms with Gasteiger partial charge in [0, 0.05) is 19.8 Å². The average Bonchev–Trinajstić information content (AvgIpc) is 2.63. The van der Waals surface area contributed by atoms with Crippen molar-refractivity contribution in [1.29, 1.82) is 0 Å². The van der Waals surface area contributed by atoms with Crippen molar-refractivity contribution in [2.24, 2.45) is 0 Å². The Hall–Kier alpha value is -0.160. The highest BCUT2D eigenvalue weighted by Gasteiger charge is 1.98. The number of hydrogen-bond acceptors (Lipinski definition) is 4. The molecule has 0 aliphatic heterocycles. The summed E-state index contributed by atoms with van der Waals surface area (Å²) in [7, 11) is 0. The maximum absolute atomic E-state index is 5.77. The molecule has 0 aromatic carbocycles. The molecule has 1 heterocycles. The minimum atomic E-state index is 0.748. The van der Waals surface area contributed by atoms with E-state index in [4.69, 9.17) is 16.3 Å². The van der Waals surface area contributed by atoms with Crippen molar-refractivity contribution in [2.45, 2.75) is 26.3 Å².